The molecular formula is C20H29ClN4O4. The number of halogens is 1. The lowest BCUT2D eigenvalue weighted by Crippen LogP contribution is -2.64. The highest BCUT2D eigenvalue weighted by Crippen LogP contribution is 2.34. The molecular weight excluding hydrogens is 396 g/mol. The van der Waals surface area contributed by atoms with Gasteiger partial charge < -0.3 is 25.0 Å². The zero-order chi connectivity index (χ0) is 21.1. The maximum Gasteiger partial charge on any atom is 0.407 e. The van der Waals surface area contributed by atoms with Crippen LogP contribution in [0, 0.1) is 0 Å². The molecule has 9 heteroatoms. The number of ether oxygens (including phenoxy) is 1. The fourth-order valence-corrected chi connectivity index (χ4v) is 4.15. The second-order valence-corrected chi connectivity index (χ2v) is 8.25. The number of nitrogens with one attached hydrogen (secondary N) is 1. The van der Waals surface area contributed by atoms with Gasteiger partial charge in [0.2, 0.25) is 5.91 Å². The number of anilines is 1. The Kier molecular flexibility index (Phi) is 6.74. The summed E-state index contributed by atoms with van der Waals surface area (Å²) >= 11 is 6.32. The number of benzene rings is 1. The van der Waals surface area contributed by atoms with Crippen molar-refractivity contribution in [3.05, 3.63) is 22.7 Å². The lowest BCUT2D eigenvalue weighted by atomic mass is 10.0. The van der Waals surface area contributed by atoms with Gasteiger partial charge in [-0.3, -0.25) is 9.69 Å². The molecule has 0 saturated carbocycles. The van der Waals surface area contributed by atoms with E-state index in [1.54, 1.807) is 13.2 Å². The molecule has 2 N–H and O–H groups in total. The van der Waals surface area contributed by atoms with E-state index in [0.29, 0.717) is 37.0 Å². The number of piperazine rings is 1. The van der Waals surface area contributed by atoms with Crippen LogP contribution in [0.1, 0.15) is 25.3 Å². The van der Waals surface area contributed by atoms with Crippen LogP contribution in [-0.2, 0) is 4.79 Å². The van der Waals surface area contributed by atoms with E-state index in [4.69, 9.17) is 21.4 Å². The number of rotatable bonds is 6. The van der Waals surface area contributed by atoms with E-state index >= 15 is 0 Å². The number of methoxy groups -OCH3 is 1. The lowest BCUT2D eigenvalue weighted by Gasteiger charge is -2.47. The average Bonchev–Trinajstić information content (AvgIpc) is 2.65. The van der Waals surface area contributed by atoms with Crippen molar-refractivity contribution < 1.29 is 19.4 Å². The Bertz CT molecular complexity index is 759. The van der Waals surface area contributed by atoms with Crippen molar-refractivity contribution in [2.24, 2.45) is 0 Å². The summed E-state index contributed by atoms with van der Waals surface area (Å²) in [6, 6.07) is 4.00. The minimum Gasteiger partial charge on any atom is -0.495 e. The Morgan fingerprint density at radius 1 is 1.21 bits per heavy atom. The van der Waals surface area contributed by atoms with Crippen LogP contribution in [0.4, 0.5) is 10.5 Å². The number of carboxylic acid groups (broad SMARTS) is 1. The molecule has 2 aliphatic rings. The fraction of sp³-hybridized carbons (Fsp3) is 0.600. The topological polar surface area (TPSA) is 85.4 Å². The Labute approximate surface area is 176 Å². The number of hydrogen-bond acceptors (Lipinski definition) is 5. The van der Waals surface area contributed by atoms with Crippen molar-refractivity contribution in [2.75, 3.05) is 58.2 Å². The van der Waals surface area contributed by atoms with Crippen LogP contribution >= 0.6 is 11.6 Å². The van der Waals surface area contributed by atoms with Crippen molar-refractivity contribution in [1.82, 2.24) is 14.7 Å². The third-order valence-electron chi connectivity index (χ3n) is 5.69. The van der Waals surface area contributed by atoms with Gasteiger partial charge in [0, 0.05) is 56.4 Å². The quantitative estimate of drug-likeness (QED) is 0.729. The van der Waals surface area contributed by atoms with Gasteiger partial charge in [0.15, 0.2) is 0 Å². The summed E-state index contributed by atoms with van der Waals surface area (Å²) in [5.74, 6) is 0.916. The second kappa shape index (κ2) is 9.09. The summed E-state index contributed by atoms with van der Waals surface area (Å²) in [5.41, 5.74) is 1.77. The molecule has 0 aliphatic carbocycles. The van der Waals surface area contributed by atoms with E-state index < -0.39 is 6.09 Å². The number of hydrogen-bond donors (Lipinski definition) is 2. The third kappa shape index (κ3) is 4.87. The summed E-state index contributed by atoms with van der Waals surface area (Å²) in [5, 5.41) is 12.8. The first-order chi connectivity index (χ1) is 13.8. The molecule has 0 spiro atoms. The number of amides is 2. The molecule has 2 heterocycles. The summed E-state index contributed by atoms with van der Waals surface area (Å²) in [6.45, 7) is 8.28. The Morgan fingerprint density at radius 2 is 1.86 bits per heavy atom. The first-order valence-corrected chi connectivity index (χ1v) is 10.3. The van der Waals surface area contributed by atoms with Crippen LogP contribution < -0.4 is 10.1 Å². The van der Waals surface area contributed by atoms with Crippen molar-refractivity contribution in [1.29, 1.82) is 0 Å². The molecule has 3 rings (SSSR count). The van der Waals surface area contributed by atoms with E-state index in [1.807, 2.05) is 11.0 Å². The molecule has 0 aromatic heterocycles. The molecule has 0 radical (unpaired) electrons. The Hall–Kier alpha value is -2.19. The largest absolute Gasteiger partial charge is 0.495 e. The molecule has 1 aromatic rings. The first-order valence-electron chi connectivity index (χ1n) is 9.91. The highest BCUT2D eigenvalue weighted by atomic mass is 35.5. The van der Waals surface area contributed by atoms with Gasteiger partial charge in [-0.05, 0) is 17.5 Å². The highest BCUT2D eigenvalue weighted by Gasteiger charge is 2.36. The minimum atomic E-state index is -0.862. The molecule has 0 unspecified atom stereocenters. The van der Waals surface area contributed by atoms with Crippen molar-refractivity contribution >= 4 is 29.3 Å². The molecule has 29 heavy (non-hydrogen) atoms. The fourth-order valence-electron chi connectivity index (χ4n) is 3.78. The van der Waals surface area contributed by atoms with Gasteiger partial charge in [-0.1, -0.05) is 25.4 Å². The van der Waals surface area contributed by atoms with Crippen LogP contribution in [0.2, 0.25) is 5.02 Å². The predicted molar refractivity (Wildman–Crippen MR) is 112 cm³/mol. The van der Waals surface area contributed by atoms with Gasteiger partial charge in [0.25, 0.3) is 0 Å². The van der Waals surface area contributed by atoms with Crippen molar-refractivity contribution in [3.63, 3.8) is 0 Å². The monoisotopic (exact) mass is 424 g/mol. The molecule has 2 aliphatic heterocycles. The van der Waals surface area contributed by atoms with E-state index in [9.17, 15) is 9.59 Å². The molecule has 0 atom stereocenters. The normalized spacial score (nSPS) is 18.0. The predicted octanol–water partition coefficient (Wildman–Crippen LogP) is 2.39. The van der Waals surface area contributed by atoms with Gasteiger partial charge in [-0.25, -0.2) is 4.79 Å². The highest BCUT2D eigenvalue weighted by molar-refractivity contribution is 6.31. The average molecular weight is 425 g/mol. The maximum atomic E-state index is 12.7. The molecule has 160 valence electrons. The summed E-state index contributed by atoms with van der Waals surface area (Å²) in [7, 11) is 1.58. The van der Waals surface area contributed by atoms with E-state index in [0.717, 1.165) is 24.3 Å². The molecule has 1 aromatic carbocycles. The Balaban J connectivity index is 1.51. The zero-order valence-corrected chi connectivity index (χ0v) is 17.9. The number of likely N-dealkylation sites (tertiary alicyclic amines) is 1. The molecule has 2 fully saturated rings. The molecule has 2 amide bonds. The number of carbonyl (C=O) groups excluding carboxylic acids is 1. The van der Waals surface area contributed by atoms with Gasteiger partial charge in [-0.2, -0.15) is 0 Å². The molecule has 2 saturated heterocycles. The van der Waals surface area contributed by atoms with Crippen LogP contribution in [0.5, 0.6) is 5.75 Å². The van der Waals surface area contributed by atoms with E-state index in [2.05, 4.69) is 24.1 Å². The zero-order valence-electron chi connectivity index (χ0n) is 17.2. The molecule has 0 bridgehead atoms. The SMILES string of the molecule is COc1cc(Cl)c(C(C)C)cc1NCC(=O)N1CCN(C2CN(C(=O)O)C2)CC1. The summed E-state index contributed by atoms with van der Waals surface area (Å²) in [6.07, 6.45) is -0.862. The van der Waals surface area contributed by atoms with Gasteiger partial charge in [-0.15, -0.1) is 0 Å². The third-order valence-corrected chi connectivity index (χ3v) is 6.01. The van der Waals surface area contributed by atoms with Crippen LogP contribution in [0.25, 0.3) is 0 Å². The molecule has 8 nitrogen and oxygen atoms in total. The first kappa shape index (κ1) is 21.5. The standard InChI is InChI=1S/C20H29ClN4O4/c1-13(2)15-8-17(18(29-3)9-16(15)21)22-10-19(26)24-6-4-23(5-7-24)14-11-25(12-14)20(27)28/h8-9,13-14,22H,4-7,10-12H2,1-3H3,(H,27,28). The Morgan fingerprint density at radius 3 is 2.41 bits per heavy atom. The van der Waals surface area contributed by atoms with E-state index in [1.165, 1.54) is 4.90 Å². The van der Waals surface area contributed by atoms with Gasteiger partial charge in [0.05, 0.1) is 19.3 Å². The summed E-state index contributed by atoms with van der Waals surface area (Å²) < 4.78 is 5.40. The van der Waals surface area contributed by atoms with Gasteiger partial charge in [0.1, 0.15) is 5.75 Å². The smallest absolute Gasteiger partial charge is 0.407 e. The van der Waals surface area contributed by atoms with Crippen LogP contribution in [0.3, 0.4) is 0 Å². The van der Waals surface area contributed by atoms with Crippen molar-refractivity contribution in [3.8, 4) is 5.75 Å². The van der Waals surface area contributed by atoms with Crippen LogP contribution in [-0.4, -0.2) is 90.8 Å². The van der Waals surface area contributed by atoms with Crippen LogP contribution in [0.15, 0.2) is 12.1 Å². The lowest BCUT2D eigenvalue weighted by molar-refractivity contribution is -0.131. The maximum absolute atomic E-state index is 12.7. The summed E-state index contributed by atoms with van der Waals surface area (Å²) in [4.78, 5) is 29.1. The number of carbonyl (C=O) groups is 2. The van der Waals surface area contributed by atoms with Gasteiger partial charge >= 0.3 is 6.09 Å². The van der Waals surface area contributed by atoms with Crippen molar-refractivity contribution in [2.45, 2.75) is 25.8 Å². The minimum absolute atomic E-state index is 0.0357. The second-order valence-electron chi connectivity index (χ2n) is 7.84. The number of nitrogens with zero attached hydrogens (tertiary/aromatic N) is 3. The van der Waals surface area contributed by atoms with E-state index in [-0.39, 0.29) is 24.4 Å².